The Morgan fingerprint density at radius 2 is 2.28 bits per heavy atom. The maximum Gasteiger partial charge on any atom is 0.251 e. The normalized spacial score (nSPS) is 22.7. The Kier molecular flexibility index (Phi) is 2.97. The largest absolute Gasteiger partial charge is 0.277 e. The lowest BCUT2D eigenvalue weighted by molar-refractivity contribution is -0.0282. The number of thioether (sulfide) groups is 1. The van der Waals surface area contributed by atoms with Crippen molar-refractivity contribution in [1.29, 1.82) is 0 Å². The SMILES string of the molecule is FC1(F)CCCC1CSc1nnc2ccccn12. The van der Waals surface area contributed by atoms with E-state index in [1.807, 2.05) is 28.8 Å². The van der Waals surface area contributed by atoms with Crippen molar-refractivity contribution in [2.24, 2.45) is 5.92 Å². The fourth-order valence-electron chi connectivity index (χ4n) is 2.30. The molecule has 3 rings (SSSR count). The first-order chi connectivity index (χ1) is 8.67. The number of halogens is 2. The zero-order chi connectivity index (χ0) is 12.6. The van der Waals surface area contributed by atoms with E-state index in [1.54, 1.807) is 0 Å². The Morgan fingerprint density at radius 1 is 1.39 bits per heavy atom. The van der Waals surface area contributed by atoms with Crippen LogP contribution in [0.25, 0.3) is 5.65 Å². The molecule has 0 amide bonds. The van der Waals surface area contributed by atoms with Crippen LogP contribution >= 0.6 is 11.8 Å². The van der Waals surface area contributed by atoms with E-state index < -0.39 is 11.8 Å². The first-order valence-corrected chi connectivity index (χ1v) is 6.96. The van der Waals surface area contributed by atoms with Crippen molar-refractivity contribution in [2.75, 3.05) is 5.75 Å². The molecule has 96 valence electrons. The molecule has 18 heavy (non-hydrogen) atoms. The number of hydrogen-bond donors (Lipinski definition) is 0. The number of alkyl halides is 2. The zero-order valence-electron chi connectivity index (χ0n) is 9.72. The minimum absolute atomic E-state index is 0.0266. The van der Waals surface area contributed by atoms with Gasteiger partial charge in [-0.3, -0.25) is 4.40 Å². The second-order valence-corrected chi connectivity index (χ2v) is 5.56. The molecule has 0 aliphatic heterocycles. The summed E-state index contributed by atoms with van der Waals surface area (Å²) in [7, 11) is 0. The topological polar surface area (TPSA) is 30.2 Å². The van der Waals surface area contributed by atoms with Crippen LogP contribution in [-0.4, -0.2) is 26.3 Å². The Hall–Kier alpha value is -1.17. The minimum Gasteiger partial charge on any atom is -0.277 e. The summed E-state index contributed by atoms with van der Waals surface area (Å²) >= 11 is 1.37. The Balaban J connectivity index is 1.74. The first kappa shape index (κ1) is 11.9. The van der Waals surface area contributed by atoms with E-state index in [0.29, 0.717) is 23.8 Å². The van der Waals surface area contributed by atoms with Gasteiger partial charge in [-0.25, -0.2) is 8.78 Å². The van der Waals surface area contributed by atoms with Crippen molar-refractivity contribution in [3.05, 3.63) is 24.4 Å². The van der Waals surface area contributed by atoms with Crippen LogP contribution in [0.3, 0.4) is 0 Å². The van der Waals surface area contributed by atoms with Gasteiger partial charge in [0, 0.05) is 24.3 Å². The van der Waals surface area contributed by atoms with Crippen molar-refractivity contribution in [2.45, 2.75) is 30.3 Å². The Labute approximate surface area is 108 Å². The summed E-state index contributed by atoms with van der Waals surface area (Å²) in [5.41, 5.74) is 0.748. The summed E-state index contributed by atoms with van der Waals surface area (Å²) in [5.74, 6) is -2.63. The average molecular weight is 269 g/mol. The van der Waals surface area contributed by atoms with E-state index >= 15 is 0 Å². The van der Waals surface area contributed by atoms with Crippen LogP contribution in [0.4, 0.5) is 8.78 Å². The van der Waals surface area contributed by atoms with Gasteiger partial charge >= 0.3 is 0 Å². The molecule has 2 heterocycles. The molecule has 3 nitrogen and oxygen atoms in total. The van der Waals surface area contributed by atoms with Crippen LogP contribution in [0.1, 0.15) is 19.3 Å². The predicted octanol–water partition coefficient (Wildman–Crippen LogP) is 3.26. The van der Waals surface area contributed by atoms with E-state index in [4.69, 9.17) is 0 Å². The second-order valence-electron chi connectivity index (χ2n) is 4.57. The van der Waals surface area contributed by atoms with Gasteiger partial charge in [-0.05, 0) is 25.0 Å². The number of hydrogen-bond acceptors (Lipinski definition) is 3. The monoisotopic (exact) mass is 269 g/mol. The molecule has 1 unspecified atom stereocenters. The minimum atomic E-state index is -2.51. The van der Waals surface area contributed by atoms with E-state index in [-0.39, 0.29) is 6.42 Å². The molecule has 2 aromatic rings. The summed E-state index contributed by atoms with van der Waals surface area (Å²) in [6.45, 7) is 0. The lowest BCUT2D eigenvalue weighted by Crippen LogP contribution is -2.23. The quantitative estimate of drug-likeness (QED) is 0.801. The molecule has 0 radical (unpaired) electrons. The van der Waals surface area contributed by atoms with Gasteiger partial charge in [0.25, 0.3) is 5.92 Å². The van der Waals surface area contributed by atoms with Crippen molar-refractivity contribution in [3.8, 4) is 0 Å². The second kappa shape index (κ2) is 4.50. The summed E-state index contributed by atoms with van der Waals surface area (Å²) < 4.78 is 28.8. The molecule has 1 atom stereocenters. The molecule has 6 heteroatoms. The molecule has 0 N–H and O–H groups in total. The summed E-state index contributed by atoms with van der Waals surface area (Å²) in [5, 5.41) is 8.73. The maximum absolute atomic E-state index is 13.5. The Bertz CT molecular complexity index is 555. The smallest absolute Gasteiger partial charge is 0.251 e. The van der Waals surface area contributed by atoms with Crippen molar-refractivity contribution in [1.82, 2.24) is 14.6 Å². The predicted molar refractivity (Wildman–Crippen MR) is 66.0 cm³/mol. The lowest BCUT2D eigenvalue weighted by atomic mass is 10.1. The molecular weight excluding hydrogens is 256 g/mol. The highest BCUT2D eigenvalue weighted by Gasteiger charge is 2.43. The van der Waals surface area contributed by atoms with Crippen LogP contribution < -0.4 is 0 Å². The molecular formula is C12H13F2N3S. The fraction of sp³-hybridized carbons (Fsp3) is 0.500. The van der Waals surface area contributed by atoms with Crippen LogP contribution in [0, 0.1) is 5.92 Å². The van der Waals surface area contributed by atoms with Gasteiger partial charge in [-0.1, -0.05) is 17.8 Å². The van der Waals surface area contributed by atoms with Gasteiger partial charge < -0.3 is 0 Å². The zero-order valence-corrected chi connectivity index (χ0v) is 10.5. The third-order valence-electron chi connectivity index (χ3n) is 3.36. The summed E-state index contributed by atoms with van der Waals surface area (Å²) in [4.78, 5) is 0. The van der Waals surface area contributed by atoms with E-state index in [0.717, 1.165) is 5.65 Å². The highest BCUT2D eigenvalue weighted by atomic mass is 32.2. The molecule has 1 aliphatic carbocycles. The lowest BCUT2D eigenvalue weighted by Gasteiger charge is -2.17. The summed E-state index contributed by atoms with van der Waals surface area (Å²) in [6, 6.07) is 5.61. The number of nitrogens with zero attached hydrogens (tertiary/aromatic N) is 3. The average Bonchev–Trinajstić information content (AvgIpc) is 2.90. The Morgan fingerprint density at radius 3 is 3.06 bits per heavy atom. The van der Waals surface area contributed by atoms with Crippen LogP contribution in [0.15, 0.2) is 29.6 Å². The van der Waals surface area contributed by atoms with Crippen LogP contribution in [0.2, 0.25) is 0 Å². The third kappa shape index (κ3) is 2.09. The van der Waals surface area contributed by atoms with Gasteiger partial charge in [0.15, 0.2) is 10.8 Å². The van der Waals surface area contributed by atoms with Crippen molar-refractivity contribution < 1.29 is 8.78 Å². The van der Waals surface area contributed by atoms with Crippen LogP contribution in [-0.2, 0) is 0 Å². The van der Waals surface area contributed by atoms with Gasteiger partial charge in [-0.15, -0.1) is 10.2 Å². The molecule has 0 aromatic carbocycles. The molecule has 0 spiro atoms. The molecule has 2 aromatic heterocycles. The van der Waals surface area contributed by atoms with E-state index in [1.165, 1.54) is 11.8 Å². The van der Waals surface area contributed by atoms with Gasteiger partial charge in [0.1, 0.15) is 0 Å². The highest BCUT2D eigenvalue weighted by molar-refractivity contribution is 7.99. The molecule has 1 fully saturated rings. The molecule has 0 saturated heterocycles. The van der Waals surface area contributed by atoms with Crippen molar-refractivity contribution >= 4 is 17.4 Å². The van der Waals surface area contributed by atoms with E-state index in [9.17, 15) is 8.78 Å². The van der Waals surface area contributed by atoms with Gasteiger partial charge in [0.2, 0.25) is 0 Å². The maximum atomic E-state index is 13.5. The summed E-state index contributed by atoms with van der Waals surface area (Å²) in [6.07, 6.45) is 3.11. The number of aromatic nitrogens is 3. The number of pyridine rings is 1. The van der Waals surface area contributed by atoms with Gasteiger partial charge in [0.05, 0.1) is 0 Å². The number of rotatable bonds is 3. The molecule has 1 aliphatic rings. The van der Waals surface area contributed by atoms with E-state index in [2.05, 4.69) is 10.2 Å². The third-order valence-corrected chi connectivity index (χ3v) is 4.46. The van der Waals surface area contributed by atoms with Crippen molar-refractivity contribution in [3.63, 3.8) is 0 Å². The molecule has 0 bridgehead atoms. The molecule has 1 saturated carbocycles. The first-order valence-electron chi connectivity index (χ1n) is 5.97. The van der Waals surface area contributed by atoms with Crippen LogP contribution in [0.5, 0.6) is 0 Å². The highest BCUT2D eigenvalue weighted by Crippen LogP contribution is 2.42. The fourth-order valence-corrected chi connectivity index (χ4v) is 3.45. The number of fused-ring (bicyclic) bond motifs is 1. The van der Waals surface area contributed by atoms with Gasteiger partial charge in [-0.2, -0.15) is 0 Å². The standard InChI is InChI=1S/C12H13F2N3S/c13-12(14)6-3-4-9(12)8-18-11-16-15-10-5-1-2-7-17(10)11/h1-2,5,7,9H,3-4,6,8H2.